The van der Waals surface area contributed by atoms with Crippen LogP contribution in [-0.4, -0.2) is 59.3 Å². The lowest BCUT2D eigenvalue weighted by Gasteiger charge is -2.34. The Morgan fingerprint density at radius 2 is 1.87 bits per heavy atom. The van der Waals surface area contributed by atoms with Gasteiger partial charge in [0, 0.05) is 42.6 Å². The van der Waals surface area contributed by atoms with E-state index in [-0.39, 0.29) is 17.9 Å². The second-order valence-electron chi connectivity index (χ2n) is 7.26. The number of nitrogens with zero attached hydrogens (tertiary/aromatic N) is 3. The molecule has 2 amide bonds. The van der Waals surface area contributed by atoms with Crippen molar-refractivity contribution in [2.45, 2.75) is 13.0 Å². The fourth-order valence-electron chi connectivity index (χ4n) is 3.53. The number of hydrogen-bond donors (Lipinski definition) is 1. The molecule has 1 fully saturated rings. The summed E-state index contributed by atoms with van der Waals surface area (Å²) in [6.07, 6.45) is 1.76. The Morgan fingerprint density at radius 3 is 2.50 bits per heavy atom. The fraction of sp³-hybridized carbons (Fsp3) is 0.318. The van der Waals surface area contributed by atoms with Crippen molar-refractivity contribution in [3.05, 3.63) is 74.4 Å². The number of benzene rings is 1. The molecule has 1 atom stereocenters. The highest BCUT2D eigenvalue weighted by Crippen LogP contribution is 2.24. The zero-order valence-electron chi connectivity index (χ0n) is 16.8. The molecule has 3 heterocycles. The van der Waals surface area contributed by atoms with E-state index in [1.807, 2.05) is 59.7 Å². The highest BCUT2D eigenvalue weighted by Gasteiger charge is 2.25. The molecule has 0 saturated carbocycles. The van der Waals surface area contributed by atoms with Gasteiger partial charge in [-0.15, -0.1) is 22.7 Å². The highest BCUT2D eigenvalue weighted by molar-refractivity contribution is 7.13. The van der Waals surface area contributed by atoms with Crippen LogP contribution in [0.15, 0.2) is 54.0 Å². The number of piperazine rings is 1. The monoisotopic (exact) mass is 440 g/mol. The number of aryl methyl sites for hydroxylation is 1. The van der Waals surface area contributed by atoms with E-state index in [1.54, 1.807) is 6.20 Å². The fourth-order valence-corrected chi connectivity index (χ4v) is 5.08. The number of rotatable bonds is 6. The Bertz CT molecular complexity index is 980. The number of amides is 2. The molecule has 1 aliphatic heterocycles. The summed E-state index contributed by atoms with van der Waals surface area (Å²) < 4.78 is 0. The third-order valence-corrected chi connectivity index (χ3v) is 6.94. The molecule has 1 saturated heterocycles. The summed E-state index contributed by atoms with van der Waals surface area (Å²) >= 11 is 3.06. The van der Waals surface area contributed by atoms with Crippen LogP contribution in [0.25, 0.3) is 0 Å². The van der Waals surface area contributed by atoms with Crippen LogP contribution in [0.4, 0.5) is 0 Å². The molecule has 1 unspecified atom stereocenters. The number of thiazole rings is 1. The highest BCUT2D eigenvalue weighted by atomic mass is 32.1. The molecule has 0 bridgehead atoms. The maximum absolute atomic E-state index is 12.8. The molecule has 0 radical (unpaired) electrons. The molecule has 8 heteroatoms. The third-order valence-electron chi connectivity index (χ3n) is 5.11. The molecule has 0 aliphatic carbocycles. The van der Waals surface area contributed by atoms with Crippen molar-refractivity contribution in [2.75, 3.05) is 32.7 Å². The standard InChI is InChI=1S/C22H24N4O2S2/c1-16-7-8-18(30-16)22(28)26-12-10-25(11-13-26)15-19(27)24-20(21-23-9-14-29-21)17-5-3-2-4-6-17/h2-9,14,20H,10-13,15H2,1H3,(H,24,27). The van der Waals surface area contributed by atoms with Gasteiger partial charge in [-0.2, -0.15) is 0 Å². The minimum atomic E-state index is -0.247. The number of thiophene rings is 1. The largest absolute Gasteiger partial charge is 0.342 e. The van der Waals surface area contributed by atoms with E-state index in [0.717, 1.165) is 20.3 Å². The summed E-state index contributed by atoms with van der Waals surface area (Å²) in [6.45, 7) is 4.98. The first-order valence-electron chi connectivity index (χ1n) is 9.92. The lowest BCUT2D eigenvalue weighted by Crippen LogP contribution is -2.51. The molecule has 2 aromatic heterocycles. The number of nitrogens with one attached hydrogen (secondary N) is 1. The van der Waals surface area contributed by atoms with E-state index in [2.05, 4.69) is 15.2 Å². The Morgan fingerprint density at radius 1 is 1.10 bits per heavy atom. The zero-order valence-corrected chi connectivity index (χ0v) is 18.4. The van der Waals surface area contributed by atoms with Crippen molar-refractivity contribution in [1.82, 2.24) is 20.1 Å². The summed E-state index contributed by atoms with van der Waals surface area (Å²) in [4.78, 5) is 35.7. The van der Waals surface area contributed by atoms with Crippen LogP contribution in [0.5, 0.6) is 0 Å². The Hall–Kier alpha value is -2.55. The van der Waals surface area contributed by atoms with Crippen LogP contribution >= 0.6 is 22.7 Å². The minimum Gasteiger partial charge on any atom is -0.342 e. The van der Waals surface area contributed by atoms with E-state index in [4.69, 9.17) is 0 Å². The van der Waals surface area contributed by atoms with Gasteiger partial charge in [-0.3, -0.25) is 14.5 Å². The summed E-state index contributed by atoms with van der Waals surface area (Å²) in [5.41, 5.74) is 1.02. The van der Waals surface area contributed by atoms with E-state index in [9.17, 15) is 9.59 Å². The van der Waals surface area contributed by atoms with E-state index >= 15 is 0 Å². The average molecular weight is 441 g/mol. The first-order valence-corrected chi connectivity index (χ1v) is 11.6. The van der Waals surface area contributed by atoms with Gasteiger partial charge in [0.05, 0.1) is 11.4 Å². The molecule has 30 heavy (non-hydrogen) atoms. The molecular formula is C22H24N4O2S2. The average Bonchev–Trinajstić information content (AvgIpc) is 3.45. The van der Waals surface area contributed by atoms with Crippen molar-refractivity contribution in [2.24, 2.45) is 0 Å². The van der Waals surface area contributed by atoms with Gasteiger partial charge in [-0.05, 0) is 24.6 Å². The van der Waals surface area contributed by atoms with Gasteiger partial charge in [-0.25, -0.2) is 4.98 Å². The first-order chi connectivity index (χ1) is 14.6. The van der Waals surface area contributed by atoms with Gasteiger partial charge in [0.25, 0.3) is 5.91 Å². The molecule has 4 rings (SSSR count). The van der Waals surface area contributed by atoms with Crippen LogP contribution in [0.1, 0.15) is 31.2 Å². The van der Waals surface area contributed by atoms with E-state index < -0.39 is 0 Å². The van der Waals surface area contributed by atoms with Gasteiger partial charge in [0.1, 0.15) is 11.0 Å². The summed E-state index contributed by atoms with van der Waals surface area (Å²) in [5.74, 6) is 0.0535. The number of hydrogen-bond acceptors (Lipinski definition) is 6. The lowest BCUT2D eigenvalue weighted by atomic mass is 10.1. The number of carbonyl (C=O) groups excluding carboxylic acids is 2. The Labute approximate surface area is 184 Å². The molecule has 1 N–H and O–H groups in total. The normalized spacial score (nSPS) is 15.7. The second-order valence-corrected chi connectivity index (χ2v) is 9.47. The molecule has 0 spiro atoms. The topological polar surface area (TPSA) is 65.5 Å². The molecule has 156 valence electrons. The minimum absolute atomic E-state index is 0.0345. The van der Waals surface area contributed by atoms with Crippen LogP contribution in [-0.2, 0) is 4.79 Å². The quantitative estimate of drug-likeness (QED) is 0.639. The maximum atomic E-state index is 12.8. The molecule has 1 aromatic carbocycles. The molecular weight excluding hydrogens is 416 g/mol. The summed E-state index contributed by atoms with van der Waals surface area (Å²) in [6, 6.07) is 13.5. The smallest absolute Gasteiger partial charge is 0.264 e. The molecule has 1 aliphatic rings. The number of carbonyl (C=O) groups is 2. The summed E-state index contributed by atoms with van der Waals surface area (Å²) in [5, 5.41) is 5.92. The van der Waals surface area contributed by atoms with Crippen LogP contribution in [0.3, 0.4) is 0 Å². The number of aromatic nitrogens is 1. The van der Waals surface area contributed by atoms with E-state index in [0.29, 0.717) is 32.7 Å². The van der Waals surface area contributed by atoms with Crippen molar-refractivity contribution < 1.29 is 9.59 Å². The van der Waals surface area contributed by atoms with Crippen molar-refractivity contribution in [3.63, 3.8) is 0 Å². The van der Waals surface area contributed by atoms with Gasteiger partial charge < -0.3 is 10.2 Å². The zero-order chi connectivity index (χ0) is 20.9. The SMILES string of the molecule is Cc1ccc(C(=O)N2CCN(CC(=O)NC(c3ccccc3)c3nccs3)CC2)s1. The van der Waals surface area contributed by atoms with Crippen molar-refractivity contribution >= 4 is 34.5 Å². The van der Waals surface area contributed by atoms with Crippen LogP contribution < -0.4 is 5.32 Å². The van der Waals surface area contributed by atoms with Crippen LogP contribution in [0, 0.1) is 6.92 Å². The Balaban J connectivity index is 1.32. The van der Waals surface area contributed by atoms with Crippen molar-refractivity contribution in [3.8, 4) is 0 Å². The Kier molecular flexibility index (Phi) is 6.56. The maximum Gasteiger partial charge on any atom is 0.264 e. The summed E-state index contributed by atoms with van der Waals surface area (Å²) in [7, 11) is 0. The predicted molar refractivity (Wildman–Crippen MR) is 120 cm³/mol. The van der Waals surface area contributed by atoms with Gasteiger partial charge in [0.15, 0.2) is 0 Å². The molecule has 3 aromatic rings. The third kappa shape index (κ3) is 4.95. The van der Waals surface area contributed by atoms with Gasteiger partial charge >= 0.3 is 0 Å². The van der Waals surface area contributed by atoms with Crippen molar-refractivity contribution in [1.29, 1.82) is 0 Å². The second kappa shape index (κ2) is 9.51. The van der Waals surface area contributed by atoms with E-state index in [1.165, 1.54) is 22.7 Å². The predicted octanol–water partition coefficient (Wildman–Crippen LogP) is 3.18. The van der Waals surface area contributed by atoms with Gasteiger partial charge in [0.2, 0.25) is 5.91 Å². The van der Waals surface area contributed by atoms with Crippen LogP contribution in [0.2, 0.25) is 0 Å². The van der Waals surface area contributed by atoms with Gasteiger partial charge in [-0.1, -0.05) is 30.3 Å². The lowest BCUT2D eigenvalue weighted by molar-refractivity contribution is -0.123. The molecule has 6 nitrogen and oxygen atoms in total. The first kappa shape index (κ1) is 20.7.